The monoisotopic (exact) mass is 403 g/mol. The molecule has 0 bridgehead atoms. The molecule has 1 aliphatic rings. The molecule has 2 rings (SSSR count). The third-order valence-corrected chi connectivity index (χ3v) is 5.22. The van der Waals surface area contributed by atoms with E-state index in [1.165, 1.54) is 18.4 Å². The van der Waals surface area contributed by atoms with Crippen molar-refractivity contribution in [3.63, 3.8) is 0 Å². The van der Waals surface area contributed by atoms with Gasteiger partial charge in [0.05, 0.1) is 13.2 Å². The third kappa shape index (κ3) is 7.57. The van der Waals surface area contributed by atoms with Gasteiger partial charge >= 0.3 is 0 Å². The average molecular weight is 404 g/mol. The Labute approximate surface area is 175 Å². The Kier molecular flexibility index (Phi) is 9.77. The van der Waals surface area contributed by atoms with Gasteiger partial charge in [-0.25, -0.2) is 4.99 Å². The van der Waals surface area contributed by atoms with Crippen molar-refractivity contribution in [3.05, 3.63) is 29.8 Å². The number of aliphatic imine (C=N–C) groups is 1. The lowest BCUT2D eigenvalue weighted by Gasteiger charge is -2.29. The van der Waals surface area contributed by atoms with Gasteiger partial charge in [0.1, 0.15) is 12.3 Å². The summed E-state index contributed by atoms with van der Waals surface area (Å²) in [6.07, 6.45) is 4.63. The Bertz CT molecular complexity index is 656. The topological polar surface area (TPSA) is 69.2 Å². The van der Waals surface area contributed by atoms with Crippen LogP contribution in [0.1, 0.15) is 44.2 Å². The number of nitrogens with zero attached hydrogens (tertiary/aromatic N) is 3. The molecule has 1 heterocycles. The number of benzene rings is 1. The molecule has 1 atom stereocenters. The van der Waals surface area contributed by atoms with Crippen LogP contribution in [0.25, 0.3) is 0 Å². The molecule has 162 valence electrons. The quantitative estimate of drug-likeness (QED) is 0.356. The van der Waals surface area contributed by atoms with Crippen LogP contribution in [0.2, 0.25) is 0 Å². The maximum Gasteiger partial charge on any atom is 0.243 e. The standard InChI is InChI=1S/C22H37N5O2/c1-5-6-12-23-22(25-17-21(28)26(2)3)24-16-20(27-13-7-8-14-27)18-10-9-11-19(15-18)29-4/h9-11,15,20H,5-8,12-14,16-17H2,1-4H3,(H2,23,24,25). The molecule has 0 saturated carbocycles. The number of carbonyl (C=O) groups is 1. The van der Waals surface area contributed by atoms with Crippen LogP contribution < -0.4 is 15.4 Å². The van der Waals surface area contributed by atoms with Crippen LogP contribution in [0.5, 0.6) is 5.75 Å². The molecule has 1 aromatic carbocycles. The lowest BCUT2D eigenvalue weighted by atomic mass is 10.1. The molecular weight excluding hydrogens is 366 g/mol. The molecule has 0 radical (unpaired) electrons. The lowest BCUT2D eigenvalue weighted by molar-refractivity contribution is -0.127. The SMILES string of the molecule is CCCCNC(=NCC(=O)N(C)C)NCC(c1cccc(OC)c1)N1CCCC1. The Morgan fingerprint density at radius 2 is 2.03 bits per heavy atom. The van der Waals surface area contributed by atoms with Gasteiger partial charge in [0.15, 0.2) is 5.96 Å². The fourth-order valence-corrected chi connectivity index (χ4v) is 3.40. The van der Waals surface area contributed by atoms with E-state index in [-0.39, 0.29) is 18.5 Å². The number of likely N-dealkylation sites (N-methyl/N-ethyl adjacent to an activating group) is 1. The molecule has 1 aromatic rings. The summed E-state index contributed by atoms with van der Waals surface area (Å²) in [4.78, 5) is 20.5. The minimum Gasteiger partial charge on any atom is -0.497 e. The highest BCUT2D eigenvalue weighted by molar-refractivity contribution is 5.84. The number of hydrogen-bond donors (Lipinski definition) is 2. The molecule has 1 aliphatic heterocycles. The zero-order valence-corrected chi connectivity index (χ0v) is 18.4. The number of hydrogen-bond acceptors (Lipinski definition) is 4. The average Bonchev–Trinajstić information content (AvgIpc) is 3.26. The first-order chi connectivity index (χ1) is 14.0. The van der Waals surface area contributed by atoms with E-state index in [2.05, 4.69) is 39.6 Å². The second-order valence-corrected chi connectivity index (χ2v) is 7.65. The van der Waals surface area contributed by atoms with E-state index in [1.807, 2.05) is 12.1 Å². The highest BCUT2D eigenvalue weighted by atomic mass is 16.5. The second kappa shape index (κ2) is 12.3. The molecule has 1 fully saturated rings. The van der Waals surface area contributed by atoms with Crippen molar-refractivity contribution < 1.29 is 9.53 Å². The van der Waals surface area contributed by atoms with E-state index >= 15 is 0 Å². The first kappa shape index (κ1) is 23.0. The molecule has 7 heteroatoms. The molecule has 0 aromatic heterocycles. The molecule has 2 N–H and O–H groups in total. The number of unbranched alkanes of at least 4 members (excludes halogenated alkanes) is 1. The van der Waals surface area contributed by atoms with Gasteiger partial charge in [-0.3, -0.25) is 9.69 Å². The normalized spacial score (nSPS) is 15.8. The van der Waals surface area contributed by atoms with E-state index in [0.717, 1.165) is 44.8 Å². The van der Waals surface area contributed by atoms with Gasteiger partial charge in [-0.05, 0) is 50.0 Å². The third-order valence-electron chi connectivity index (χ3n) is 5.22. The van der Waals surface area contributed by atoms with E-state index in [0.29, 0.717) is 5.96 Å². The number of amides is 1. The largest absolute Gasteiger partial charge is 0.497 e. The zero-order valence-electron chi connectivity index (χ0n) is 18.4. The van der Waals surface area contributed by atoms with Crippen LogP contribution in [-0.2, 0) is 4.79 Å². The van der Waals surface area contributed by atoms with Gasteiger partial charge < -0.3 is 20.3 Å². The number of rotatable bonds is 10. The van der Waals surface area contributed by atoms with Gasteiger partial charge in [-0.1, -0.05) is 25.5 Å². The molecule has 0 spiro atoms. The summed E-state index contributed by atoms with van der Waals surface area (Å²) in [5.74, 6) is 1.56. The molecule has 29 heavy (non-hydrogen) atoms. The van der Waals surface area contributed by atoms with Crippen molar-refractivity contribution in [2.45, 2.75) is 38.6 Å². The van der Waals surface area contributed by atoms with Gasteiger partial charge in [-0.2, -0.15) is 0 Å². The van der Waals surface area contributed by atoms with Crippen molar-refractivity contribution >= 4 is 11.9 Å². The van der Waals surface area contributed by atoms with Crippen molar-refractivity contribution in [1.29, 1.82) is 0 Å². The van der Waals surface area contributed by atoms with Crippen molar-refractivity contribution in [3.8, 4) is 5.75 Å². The van der Waals surface area contributed by atoms with Crippen LogP contribution in [0.3, 0.4) is 0 Å². The summed E-state index contributed by atoms with van der Waals surface area (Å²) >= 11 is 0. The fraction of sp³-hybridized carbons (Fsp3) is 0.636. The highest BCUT2D eigenvalue weighted by Crippen LogP contribution is 2.27. The Hall–Kier alpha value is -2.28. The van der Waals surface area contributed by atoms with E-state index in [9.17, 15) is 4.79 Å². The number of likely N-dealkylation sites (tertiary alicyclic amines) is 1. The van der Waals surface area contributed by atoms with Crippen LogP contribution >= 0.6 is 0 Å². The van der Waals surface area contributed by atoms with Crippen molar-refractivity contribution in [2.24, 2.45) is 4.99 Å². The van der Waals surface area contributed by atoms with Gasteiger partial charge in [0.2, 0.25) is 5.91 Å². The number of guanidine groups is 1. The summed E-state index contributed by atoms with van der Waals surface area (Å²) < 4.78 is 5.43. The van der Waals surface area contributed by atoms with E-state index in [1.54, 1.807) is 26.1 Å². The van der Waals surface area contributed by atoms with Crippen LogP contribution in [0.4, 0.5) is 0 Å². The first-order valence-electron chi connectivity index (χ1n) is 10.7. The highest BCUT2D eigenvalue weighted by Gasteiger charge is 2.24. The molecular formula is C22H37N5O2. The number of carbonyl (C=O) groups excluding carboxylic acids is 1. The van der Waals surface area contributed by atoms with Crippen molar-refractivity contribution in [2.75, 3.05) is 53.9 Å². The zero-order chi connectivity index (χ0) is 21.1. The van der Waals surface area contributed by atoms with E-state index < -0.39 is 0 Å². The van der Waals surface area contributed by atoms with Gasteiger partial charge in [-0.15, -0.1) is 0 Å². The van der Waals surface area contributed by atoms with Crippen LogP contribution in [0, 0.1) is 0 Å². The van der Waals surface area contributed by atoms with Crippen LogP contribution in [0.15, 0.2) is 29.3 Å². The van der Waals surface area contributed by atoms with Gasteiger partial charge in [0.25, 0.3) is 0 Å². The maximum atomic E-state index is 12.0. The molecule has 1 unspecified atom stereocenters. The smallest absolute Gasteiger partial charge is 0.243 e. The van der Waals surface area contributed by atoms with E-state index in [4.69, 9.17) is 4.74 Å². The molecule has 0 aliphatic carbocycles. The number of nitrogens with one attached hydrogen (secondary N) is 2. The minimum atomic E-state index is -0.00881. The summed E-state index contributed by atoms with van der Waals surface area (Å²) in [5.41, 5.74) is 1.23. The molecule has 1 saturated heterocycles. The van der Waals surface area contributed by atoms with Crippen LogP contribution in [-0.4, -0.2) is 75.6 Å². The fourth-order valence-electron chi connectivity index (χ4n) is 3.40. The summed E-state index contributed by atoms with van der Waals surface area (Å²) in [6.45, 7) is 6.06. The minimum absolute atomic E-state index is 0.00881. The first-order valence-corrected chi connectivity index (χ1v) is 10.7. The predicted octanol–water partition coefficient (Wildman–Crippen LogP) is 2.26. The maximum absolute atomic E-state index is 12.0. The van der Waals surface area contributed by atoms with Crippen molar-refractivity contribution in [1.82, 2.24) is 20.4 Å². The lowest BCUT2D eigenvalue weighted by Crippen LogP contribution is -2.43. The Morgan fingerprint density at radius 3 is 2.69 bits per heavy atom. The summed E-state index contributed by atoms with van der Waals surface area (Å²) in [7, 11) is 5.20. The summed E-state index contributed by atoms with van der Waals surface area (Å²) in [6, 6.07) is 8.52. The molecule has 7 nitrogen and oxygen atoms in total. The summed E-state index contributed by atoms with van der Waals surface area (Å²) in [5, 5.41) is 6.83. The Morgan fingerprint density at radius 1 is 1.28 bits per heavy atom. The second-order valence-electron chi connectivity index (χ2n) is 7.65. The Balaban J connectivity index is 2.10. The number of ether oxygens (including phenoxy) is 1. The molecule has 1 amide bonds. The van der Waals surface area contributed by atoms with Gasteiger partial charge in [0, 0.05) is 27.2 Å². The predicted molar refractivity (Wildman–Crippen MR) is 118 cm³/mol. The number of methoxy groups -OCH3 is 1.